The summed E-state index contributed by atoms with van der Waals surface area (Å²) in [5.41, 5.74) is -0.505. The summed E-state index contributed by atoms with van der Waals surface area (Å²) in [7, 11) is -3.31. The van der Waals surface area contributed by atoms with Gasteiger partial charge in [-0.25, -0.2) is 13.2 Å². The number of esters is 1. The average molecular weight is 317 g/mol. The van der Waals surface area contributed by atoms with Gasteiger partial charge < -0.3 is 4.74 Å². The quantitative estimate of drug-likeness (QED) is 0.565. The van der Waals surface area contributed by atoms with Crippen LogP contribution in [-0.2, 0) is 19.6 Å². The van der Waals surface area contributed by atoms with Gasteiger partial charge in [0.05, 0.1) is 11.3 Å². The summed E-state index contributed by atoms with van der Waals surface area (Å²) in [4.78, 5) is 11.5. The van der Waals surface area contributed by atoms with Gasteiger partial charge in [-0.05, 0) is 27.2 Å². The molecular formula is C13H19NO4S2. The summed E-state index contributed by atoms with van der Waals surface area (Å²) in [5.74, 6) is -0.474. The Morgan fingerprint density at radius 2 is 2.10 bits per heavy atom. The second-order valence-electron chi connectivity index (χ2n) is 6.52. The van der Waals surface area contributed by atoms with Gasteiger partial charge in [0.1, 0.15) is 6.10 Å². The molecule has 112 valence electrons. The van der Waals surface area contributed by atoms with Crippen LogP contribution in [0.1, 0.15) is 27.2 Å². The first-order chi connectivity index (χ1) is 9.17. The molecule has 3 fully saturated rings. The van der Waals surface area contributed by atoms with Crippen LogP contribution in [0.25, 0.3) is 0 Å². The summed E-state index contributed by atoms with van der Waals surface area (Å²) in [6.07, 6.45) is 1.36. The molecule has 0 N–H and O–H groups in total. The summed E-state index contributed by atoms with van der Waals surface area (Å²) in [6.45, 7) is 9.07. The Morgan fingerprint density at radius 1 is 1.45 bits per heavy atom. The van der Waals surface area contributed by atoms with Crippen molar-refractivity contribution in [1.82, 2.24) is 4.31 Å². The number of carbonyl (C=O) groups is 1. The Morgan fingerprint density at radius 3 is 2.65 bits per heavy atom. The van der Waals surface area contributed by atoms with Crippen molar-refractivity contribution in [2.75, 3.05) is 0 Å². The van der Waals surface area contributed by atoms with E-state index in [0.717, 1.165) is 6.08 Å². The minimum absolute atomic E-state index is 0.0202. The number of fused-ring (bicyclic) bond motifs is 1. The van der Waals surface area contributed by atoms with Gasteiger partial charge in [0.15, 0.2) is 0 Å². The van der Waals surface area contributed by atoms with E-state index in [2.05, 4.69) is 6.58 Å². The Balaban J connectivity index is 2.01. The second-order valence-corrected chi connectivity index (χ2v) is 9.97. The van der Waals surface area contributed by atoms with Crippen molar-refractivity contribution in [3.63, 3.8) is 0 Å². The van der Waals surface area contributed by atoms with Crippen LogP contribution in [0.5, 0.6) is 0 Å². The van der Waals surface area contributed by atoms with Crippen molar-refractivity contribution in [1.29, 1.82) is 0 Å². The van der Waals surface area contributed by atoms with Crippen LogP contribution in [0.15, 0.2) is 12.7 Å². The second kappa shape index (κ2) is 4.24. The predicted octanol–water partition coefficient (Wildman–Crippen LogP) is 1.15. The molecule has 20 heavy (non-hydrogen) atoms. The van der Waals surface area contributed by atoms with Gasteiger partial charge in [-0.1, -0.05) is 6.58 Å². The van der Waals surface area contributed by atoms with Crippen LogP contribution in [-0.4, -0.2) is 52.1 Å². The van der Waals surface area contributed by atoms with E-state index >= 15 is 0 Å². The molecule has 3 aliphatic rings. The fourth-order valence-electron chi connectivity index (χ4n) is 3.66. The minimum atomic E-state index is -3.31. The van der Waals surface area contributed by atoms with Gasteiger partial charge in [0.2, 0.25) is 10.0 Å². The van der Waals surface area contributed by atoms with E-state index in [4.69, 9.17) is 4.74 Å². The number of ether oxygens (including phenoxy) is 1. The molecule has 5 atom stereocenters. The molecule has 0 amide bonds. The monoisotopic (exact) mass is 317 g/mol. The molecule has 0 spiro atoms. The Hall–Kier alpha value is -0.530. The largest absolute Gasteiger partial charge is 0.456 e. The Labute approximate surface area is 123 Å². The number of sulfonamides is 1. The molecular weight excluding hydrogens is 298 g/mol. The zero-order valence-electron chi connectivity index (χ0n) is 11.8. The lowest BCUT2D eigenvalue weighted by Gasteiger charge is -2.37. The van der Waals surface area contributed by atoms with Crippen LogP contribution in [0.2, 0.25) is 0 Å². The standard InChI is InChI=1S/C13H19NO4S2/c1-5-9(15)18-11-7-6-8-12(19-7)10(11)14(13(2,3)4)20(8,16)17/h5,7-8,10-12H,1,6H2,2-4H3. The lowest BCUT2D eigenvalue weighted by atomic mass is 9.90. The molecule has 7 heteroatoms. The lowest BCUT2D eigenvalue weighted by molar-refractivity contribution is -0.146. The maximum atomic E-state index is 12.7. The first-order valence-electron chi connectivity index (χ1n) is 6.70. The molecule has 0 aromatic rings. The number of rotatable bonds is 2. The maximum Gasteiger partial charge on any atom is 0.330 e. The summed E-state index contributed by atoms with van der Waals surface area (Å²) >= 11 is 1.66. The zero-order chi connectivity index (χ0) is 14.9. The van der Waals surface area contributed by atoms with Crippen LogP contribution in [0.4, 0.5) is 0 Å². The molecule has 5 nitrogen and oxygen atoms in total. The molecule has 3 saturated heterocycles. The molecule has 0 saturated carbocycles. The first-order valence-corrected chi connectivity index (χ1v) is 9.14. The zero-order valence-corrected chi connectivity index (χ0v) is 13.4. The third-order valence-corrected chi connectivity index (χ3v) is 8.70. The molecule has 0 radical (unpaired) electrons. The number of carbonyl (C=O) groups excluding carboxylic acids is 1. The van der Waals surface area contributed by atoms with E-state index in [-0.39, 0.29) is 27.9 Å². The number of nitrogens with zero attached hydrogens (tertiary/aromatic N) is 1. The highest BCUT2D eigenvalue weighted by Gasteiger charge is 2.70. The van der Waals surface area contributed by atoms with E-state index in [1.165, 1.54) is 0 Å². The minimum Gasteiger partial charge on any atom is -0.456 e. The van der Waals surface area contributed by atoms with E-state index in [1.54, 1.807) is 16.1 Å². The van der Waals surface area contributed by atoms with Crippen LogP contribution >= 0.6 is 11.8 Å². The highest BCUT2D eigenvalue weighted by Crippen LogP contribution is 2.58. The topological polar surface area (TPSA) is 63.7 Å². The fourth-order valence-corrected chi connectivity index (χ4v) is 8.88. The van der Waals surface area contributed by atoms with Gasteiger partial charge in [0.25, 0.3) is 0 Å². The first kappa shape index (κ1) is 14.4. The summed E-state index contributed by atoms with van der Waals surface area (Å²) in [6, 6.07) is -0.238. The van der Waals surface area contributed by atoms with Crippen LogP contribution < -0.4 is 0 Å². The summed E-state index contributed by atoms with van der Waals surface area (Å²) < 4.78 is 32.5. The molecule has 0 aliphatic carbocycles. The Bertz CT molecular complexity index is 565. The Kier molecular flexibility index (Phi) is 3.05. The lowest BCUT2D eigenvalue weighted by Crippen LogP contribution is -2.53. The van der Waals surface area contributed by atoms with Crippen LogP contribution in [0.3, 0.4) is 0 Å². The summed E-state index contributed by atoms with van der Waals surface area (Å²) in [5, 5.41) is -0.215. The van der Waals surface area contributed by atoms with E-state index in [1.807, 2.05) is 20.8 Å². The van der Waals surface area contributed by atoms with Crippen molar-refractivity contribution < 1.29 is 17.9 Å². The number of hydrogen-bond acceptors (Lipinski definition) is 5. The highest BCUT2D eigenvalue weighted by atomic mass is 32.2. The smallest absolute Gasteiger partial charge is 0.330 e. The van der Waals surface area contributed by atoms with Crippen molar-refractivity contribution in [2.24, 2.45) is 0 Å². The van der Waals surface area contributed by atoms with E-state index in [0.29, 0.717) is 6.42 Å². The fraction of sp³-hybridized carbons (Fsp3) is 0.769. The highest BCUT2D eigenvalue weighted by molar-refractivity contribution is 8.03. The van der Waals surface area contributed by atoms with E-state index in [9.17, 15) is 13.2 Å². The third-order valence-electron chi connectivity index (χ3n) is 4.21. The van der Waals surface area contributed by atoms with Crippen molar-refractivity contribution in [3.05, 3.63) is 12.7 Å². The van der Waals surface area contributed by atoms with Gasteiger partial charge in [-0.3, -0.25) is 0 Å². The van der Waals surface area contributed by atoms with Gasteiger partial charge >= 0.3 is 5.97 Å². The van der Waals surface area contributed by atoms with Crippen LogP contribution in [0, 0.1) is 0 Å². The van der Waals surface area contributed by atoms with Crippen molar-refractivity contribution in [3.8, 4) is 0 Å². The molecule has 3 heterocycles. The number of thioether (sulfide) groups is 1. The molecule has 5 unspecified atom stereocenters. The number of hydrogen-bond donors (Lipinski definition) is 0. The van der Waals surface area contributed by atoms with E-state index < -0.39 is 21.5 Å². The normalized spacial score (nSPS) is 41.9. The van der Waals surface area contributed by atoms with Crippen molar-refractivity contribution >= 4 is 27.8 Å². The third kappa shape index (κ3) is 1.79. The maximum absolute atomic E-state index is 12.7. The SMILES string of the molecule is C=CC(=O)OC1C2CC3C(S2)C1N(C(C)(C)C)S3(=O)=O. The molecule has 2 bridgehead atoms. The van der Waals surface area contributed by atoms with Crippen molar-refractivity contribution in [2.45, 2.75) is 60.6 Å². The van der Waals surface area contributed by atoms with Gasteiger partial charge in [-0.15, -0.1) is 11.8 Å². The molecule has 0 aromatic carbocycles. The molecule has 0 aromatic heterocycles. The van der Waals surface area contributed by atoms with Gasteiger partial charge in [0, 0.05) is 22.1 Å². The van der Waals surface area contributed by atoms with Gasteiger partial charge in [-0.2, -0.15) is 4.31 Å². The molecule has 3 rings (SSSR count). The average Bonchev–Trinajstić information content (AvgIpc) is 2.90. The molecule has 3 aliphatic heterocycles. The predicted molar refractivity (Wildman–Crippen MR) is 77.9 cm³/mol.